The van der Waals surface area contributed by atoms with Gasteiger partial charge in [0.25, 0.3) is 0 Å². The number of hydrogen-bond donors (Lipinski definition) is 2. The lowest BCUT2D eigenvalue weighted by atomic mass is 10.1. The first-order valence-electron chi connectivity index (χ1n) is 19.9. The fraction of sp³-hybridized carbons (Fsp3) is 0.707. The number of carbonyl (C=O) groups excluding carboxylic acids is 2. The van der Waals surface area contributed by atoms with E-state index in [1.807, 2.05) is 0 Å². The molecule has 10 nitrogen and oxygen atoms in total. The van der Waals surface area contributed by atoms with Gasteiger partial charge in [0, 0.05) is 19.4 Å². The van der Waals surface area contributed by atoms with Gasteiger partial charge in [-0.25, -0.2) is 4.57 Å². The molecule has 0 aliphatic carbocycles. The van der Waals surface area contributed by atoms with Gasteiger partial charge in [0.1, 0.15) is 6.61 Å². The van der Waals surface area contributed by atoms with Gasteiger partial charge in [-0.1, -0.05) is 113 Å². The number of allylic oxidation sites excluding steroid dienone is 9. The molecule has 4 atom stereocenters. The number of phosphoric ester groups is 1. The van der Waals surface area contributed by atoms with Crippen molar-refractivity contribution in [3.8, 4) is 0 Å². The Balaban J connectivity index is 2.25. The predicted octanol–water partition coefficient (Wildman–Crippen LogP) is 9.92. The van der Waals surface area contributed by atoms with Gasteiger partial charge in [-0.15, -0.1) is 0 Å². The number of ether oxygens (including phenoxy) is 3. The normalized spacial score (nSPS) is 17.9. The summed E-state index contributed by atoms with van der Waals surface area (Å²) in [6.45, 7) is 3.49. The third-order valence-electron chi connectivity index (χ3n) is 8.31. The van der Waals surface area contributed by atoms with Crippen LogP contribution in [0.4, 0.5) is 0 Å². The molecular formula is C41H70NO9P. The number of nitrogens with two attached hydrogens (primary N) is 1. The first-order chi connectivity index (χ1) is 25.3. The maximum atomic E-state index is 12.5. The van der Waals surface area contributed by atoms with Crippen LogP contribution in [0, 0.1) is 0 Å². The SMILES string of the molecule is CC/C=C\C/C=C\C/C=C\C/C=C\CCCCC(=O)O[C@H](COC(=O)CCCCCCC/C=C\CC1OC1CCCCC)COP(=O)(O)OCCN. The van der Waals surface area contributed by atoms with Crippen molar-refractivity contribution in [3.63, 3.8) is 0 Å². The lowest BCUT2D eigenvalue weighted by molar-refractivity contribution is -0.161. The van der Waals surface area contributed by atoms with Gasteiger partial charge < -0.3 is 24.8 Å². The molecule has 1 fully saturated rings. The Morgan fingerprint density at radius 1 is 0.712 bits per heavy atom. The third-order valence-corrected chi connectivity index (χ3v) is 9.30. The second-order valence-corrected chi connectivity index (χ2v) is 14.6. The van der Waals surface area contributed by atoms with E-state index in [2.05, 4.69) is 74.6 Å². The zero-order valence-electron chi connectivity index (χ0n) is 32.2. The molecule has 0 aromatic rings. The highest BCUT2D eigenvalue weighted by molar-refractivity contribution is 7.47. The number of unbranched alkanes of at least 4 members (excludes halogenated alkanes) is 9. The van der Waals surface area contributed by atoms with E-state index in [4.69, 9.17) is 29.0 Å². The van der Waals surface area contributed by atoms with Crippen LogP contribution in [0.2, 0.25) is 0 Å². The molecule has 0 amide bonds. The minimum absolute atomic E-state index is 0.0395. The monoisotopic (exact) mass is 751 g/mol. The molecule has 1 rings (SSSR count). The molecule has 1 heterocycles. The molecule has 298 valence electrons. The summed E-state index contributed by atoms with van der Waals surface area (Å²) < 4.78 is 38.4. The maximum Gasteiger partial charge on any atom is 0.472 e. The Morgan fingerprint density at radius 3 is 2.00 bits per heavy atom. The molecule has 1 aliphatic heterocycles. The van der Waals surface area contributed by atoms with Gasteiger partial charge in [0.2, 0.25) is 0 Å². The van der Waals surface area contributed by atoms with Crippen LogP contribution in [-0.4, -0.2) is 61.5 Å². The van der Waals surface area contributed by atoms with E-state index >= 15 is 0 Å². The summed E-state index contributed by atoms with van der Waals surface area (Å²) in [4.78, 5) is 34.8. The van der Waals surface area contributed by atoms with Crippen LogP contribution in [0.3, 0.4) is 0 Å². The van der Waals surface area contributed by atoms with Crippen molar-refractivity contribution in [2.24, 2.45) is 5.73 Å². The topological polar surface area (TPSA) is 147 Å². The summed E-state index contributed by atoms with van der Waals surface area (Å²) in [7, 11) is -4.39. The first kappa shape index (κ1) is 47.7. The van der Waals surface area contributed by atoms with Gasteiger partial charge in [0.15, 0.2) is 6.10 Å². The van der Waals surface area contributed by atoms with Crippen molar-refractivity contribution in [2.45, 2.75) is 161 Å². The van der Waals surface area contributed by atoms with Gasteiger partial charge in [0.05, 0.1) is 25.4 Å². The number of epoxide rings is 1. The summed E-state index contributed by atoms with van der Waals surface area (Å²) in [5.41, 5.74) is 5.33. The molecule has 1 saturated heterocycles. The van der Waals surface area contributed by atoms with Crippen molar-refractivity contribution in [1.29, 1.82) is 0 Å². The summed E-state index contributed by atoms with van der Waals surface area (Å²) in [6.07, 6.45) is 40.0. The molecule has 3 unspecified atom stereocenters. The van der Waals surface area contributed by atoms with E-state index in [0.717, 1.165) is 77.0 Å². The van der Waals surface area contributed by atoms with E-state index < -0.39 is 32.5 Å². The zero-order valence-corrected chi connectivity index (χ0v) is 33.1. The molecule has 11 heteroatoms. The second kappa shape index (κ2) is 33.3. The molecule has 3 N–H and O–H groups in total. The van der Waals surface area contributed by atoms with E-state index in [0.29, 0.717) is 25.0 Å². The van der Waals surface area contributed by atoms with Crippen molar-refractivity contribution >= 4 is 19.8 Å². The summed E-state index contributed by atoms with van der Waals surface area (Å²) >= 11 is 0. The minimum Gasteiger partial charge on any atom is -0.462 e. The Kier molecular flexibility index (Phi) is 30.5. The molecule has 0 saturated carbocycles. The smallest absolute Gasteiger partial charge is 0.462 e. The highest BCUT2D eigenvalue weighted by Crippen LogP contribution is 2.43. The predicted molar refractivity (Wildman–Crippen MR) is 210 cm³/mol. The standard InChI is InChI=1S/C41H70NO9P/c1-3-5-7-8-9-10-11-12-13-14-15-16-21-24-28-32-41(44)50-37(36-49-52(45,46)48-34-33-42)35-47-40(43)31-27-23-20-18-17-19-22-26-30-39-38(51-39)29-25-6-4-2/h5,7,9-10,12-13,15-16,22,26,37-39H,3-4,6,8,11,14,17-21,23-25,27-36,42H2,1-2H3,(H,45,46)/b7-5-,10-9-,13-12-,16-15-,26-22-/t37-,38?,39?/m1/s1. The van der Waals surface area contributed by atoms with Crippen molar-refractivity contribution < 1.29 is 42.3 Å². The fourth-order valence-corrected chi connectivity index (χ4v) is 6.04. The molecule has 0 bridgehead atoms. The Labute approximate surface area is 314 Å². The van der Waals surface area contributed by atoms with Gasteiger partial charge in [-0.3, -0.25) is 18.6 Å². The van der Waals surface area contributed by atoms with Crippen LogP contribution >= 0.6 is 7.82 Å². The van der Waals surface area contributed by atoms with Crippen LogP contribution in [0.25, 0.3) is 0 Å². The van der Waals surface area contributed by atoms with E-state index in [1.54, 1.807) is 0 Å². The number of esters is 2. The molecule has 0 spiro atoms. The van der Waals surface area contributed by atoms with E-state index in [1.165, 1.54) is 25.7 Å². The van der Waals surface area contributed by atoms with Gasteiger partial charge >= 0.3 is 19.8 Å². The third kappa shape index (κ3) is 30.2. The molecule has 0 radical (unpaired) electrons. The largest absolute Gasteiger partial charge is 0.472 e. The summed E-state index contributed by atoms with van der Waals surface area (Å²) in [5.74, 6) is -0.906. The first-order valence-corrected chi connectivity index (χ1v) is 21.4. The number of phosphoric acid groups is 1. The average molecular weight is 752 g/mol. The van der Waals surface area contributed by atoms with Crippen molar-refractivity contribution in [3.05, 3.63) is 60.8 Å². The molecule has 52 heavy (non-hydrogen) atoms. The van der Waals surface area contributed by atoms with Crippen LogP contribution in [0.15, 0.2) is 60.8 Å². The highest BCUT2D eigenvalue weighted by atomic mass is 31.2. The zero-order chi connectivity index (χ0) is 38.0. The van der Waals surface area contributed by atoms with Crippen molar-refractivity contribution in [1.82, 2.24) is 0 Å². The number of carbonyl (C=O) groups is 2. The van der Waals surface area contributed by atoms with Crippen LogP contribution in [0.1, 0.15) is 142 Å². The Hall–Kier alpha value is -2.33. The number of hydrogen-bond acceptors (Lipinski definition) is 9. The minimum atomic E-state index is -4.39. The molecular weight excluding hydrogens is 681 g/mol. The highest BCUT2D eigenvalue weighted by Gasteiger charge is 2.36. The average Bonchev–Trinajstić information content (AvgIpc) is 3.88. The Morgan fingerprint density at radius 2 is 1.31 bits per heavy atom. The molecule has 1 aliphatic rings. The van der Waals surface area contributed by atoms with Gasteiger partial charge in [-0.05, 0) is 77.0 Å². The lowest BCUT2D eigenvalue weighted by Gasteiger charge is -2.19. The maximum absolute atomic E-state index is 12.5. The second-order valence-electron chi connectivity index (χ2n) is 13.2. The van der Waals surface area contributed by atoms with E-state index in [9.17, 15) is 19.0 Å². The quantitative estimate of drug-likeness (QED) is 0.0211. The Bertz CT molecular complexity index is 1100. The fourth-order valence-electron chi connectivity index (χ4n) is 5.28. The lowest BCUT2D eigenvalue weighted by Crippen LogP contribution is -2.29. The van der Waals surface area contributed by atoms with E-state index in [-0.39, 0.29) is 32.6 Å². The summed E-state index contributed by atoms with van der Waals surface area (Å²) in [6, 6.07) is 0. The van der Waals surface area contributed by atoms with Crippen LogP contribution in [0.5, 0.6) is 0 Å². The van der Waals surface area contributed by atoms with Crippen LogP contribution in [-0.2, 0) is 37.4 Å². The van der Waals surface area contributed by atoms with Crippen LogP contribution < -0.4 is 5.73 Å². The number of rotatable bonds is 35. The van der Waals surface area contributed by atoms with Crippen molar-refractivity contribution in [2.75, 3.05) is 26.4 Å². The van der Waals surface area contributed by atoms with Gasteiger partial charge in [-0.2, -0.15) is 0 Å². The summed E-state index contributed by atoms with van der Waals surface area (Å²) in [5, 5.41) is 0. The molecule has 0 aromatic heterocycles. The molecule has 0 aromatic carbocycles.